The average molecular weight is 219 g/mol. The van der Waals surface area contributed by atoms with Gasteiger partial charge in [0.25, 0.3) is 0 Å². The first-order chi connectivity index (χ1) is 7.31. The van der Waals surface area contributed by atoms with Gasteiger partial charge in [-0.15, -0.1) is 11.6 Å². The second kappa shape index (κ2) is 4.41. The molecule has 0 saturated carbocycles. The molecule has 2 rings (SSSR count). The predicted molar refractivity (Wildman–Crippen MR) is 61.8 cm³/mol. The molecule has 3 heteroatoms. The van der Waals surface area contributed by atoms with Crippen LogP contribution < -0.4 is 0 Å². The summed E-state index contributed by atoms with van der Waals surface area (Å²) >= 11 is 5.71. The van der Waals surface area contributed by atoms with Crippen molar-refractivity contribution in [3.63, 3.8) is 0 Å². The SMILES string of the molecule is Cc1cnc(CCl)nc1-c1ccccc1. The second-order valence-corrected chi connectivity index (χ2v) is 3.58. The Morgan fingerprint density at radius 2 is 1.93 bits per heavy atom. The van der Waals surface area contributed by atoms with Crippen LogP contribution in [0, 0.1) is 6.92 Å². The van der Waals surface area contributed by atoms with Crippen molar-refractivity contribution in [3.8, 4) is 11.3 Å². The predicted octanol–water partition coefficient (Wildman–Crippen LogP) is 3.19. The number of hydrogen-bond donors (Lipinski definition) is 0. The maximum atomic E-state index is 5.71. The molecule has 0 aliphatic carbocycles. The van der Waals surface area contributed by atoms with Gasteiger partial charge in [0.05, 0.1) is 11.6 Å². The quantitative estimate of drug-likeness (QED) is 0.724. The van der Waals surface area contributed by atoms with Crippen molar-refractivity contribution in [1.29, 1.82) is 0 Å². The van der Waals surface area contributed by atoms with Crippen LogP contribution >= 0.6 is 11.6 Å². The van der Waals surface area contributed by atoms with Crippen molar-refractivity contribution in [3.05, 3.63) is 47.9 Å². The fourth-order valence-electron chi connectivity index (χ4n) is 1.43. The molecule has 0 N–H and O–H groups in total. The van der Waals surface area contributed by atoms with Gasteiger partial charge in [0.15, 0.2) is 0 Å². The van der Waals surface area contributed by atoms with Gasteiger partial charge in [-0.2, -0.15) is 0 Å². The standard InChI is InChI=1S/C12H11ClN2/c1-9-8-14-11(7-13)15-12(9)10-5-3-2-4-6-10/h2-6,8H,7H2,1H3. The normalized spacial score (nSPS) is 10.3. The summed E-state index contributed by atoms with van der Waals surface area (Å²) in [5, 5.41) is 0. The van der Waals surface area contributed by atoms with E-state index in [0.717, 1.165) is 16.8 Å². The number of rotatable bonds is 2. The van der Waals surface area contributed by atoms with Gasteiger partial charge in [-0.25, -0.2) is 9.97 Å². The van der Waals surface area contributed by atoms with Gasteiger partial charge in [0.1, 0.15) is 5.82 Å². The Morgan fingerprint density at radius 3 is 2.60 bits per heavy atom. The van der Waals surface area contributed by atoms with E-state index >= 15 is 0 Å². The summed E-state index contributed by atoms with van der Waals surface area (Å²) < 4.78 is 0. The van der Waals surface area contributed by atoms with Crippen LogP contribution in [0.4, 0.5) is 0 Å². The lowest BCUT2D eigenvalue weighted by Crippen LogP contribution is -1.96. The number of alkyl halides is 1. The molecule has 0 spiro atoms. The molecule has 0 radical (unpaired) electrons. The molecule has 15 heavy (non-hydrogen) atoms. The smallest absolute Gasteiger partial charge is 0.143 e. The lowest BCUT2D eigenvalue weighted by molar-refractivity contribution is 1.02. The third-order valence-electron chi connectivity index (χ3n) is 2.19. The molecule has 1 aromatic heterocycles. The number of nitrogens with zero attached hydrogens (tertiary/aromatic N) is 2. The summed E-state index contributed by atoms with van der Waals surface area (Å²) in [6.07, 6.45) is 1.81. The third kappa shape index (κ3) is 2.16. The minimum atomic E-state index is 0.347. The van der Waals surface area contributed by atoms with Crippen LogP contribution in [-0.2, 0) is 5.88 Å². The molecule has 0 aliphatic heterocycles. The molecule has 0 unspecified atom stereocenters. The Balaban J connectivity index is 2.52. The molecule has 0 fully saturated rings. The van der Waals surface area contributed by atoms with E-state index in [9.17, 15) is 0 Å². The molecule has 1 aromatic carbocycles. The number of aromatic nitrogens is 2. The minimum Gasteiger partial charge on any atom is -0.240 e. The molecule has 76 valence electrons. The number of aryl methyl sites for hydroxylation is 1. The summed E-state index contributed by atoms with van der Waals surface area (Å²) in [6, 6.07) is 10.1. The van der Waals surface area contributed by atoms with Crippen LogP contribution in [0.1, 0.15) is 11.4 Å². The van der Waals surface area contributed by atoms with Gasteiger partial charge >= 0.3 is 0 Å². The van der Waals surface area contributed by atoms with Crippen molar-refractivity contribution in [1.82, 2.24) is 9.97 Å². The number of hydrogen-bond acceptors (Lipinski definition) is 2. The average Bonchev–Trinajstić information content (AvgIpc) is 2.31. The van der Waals surface area contributed by atoms with Crippen molar-refractivity contribution in [2.75, 3.05) is 0 Å². The van der Waals surface area contributed by atoms with Crippen LogP contribution in [0.5, 0.6) is 0 Å². The van der Waals surface area contributed by atoms with Gasteiger partial charge in [0, 0.05) is 11.8 Å². The van der Waals surface area contributed by atoms with Crippen molar-refractivity contribution in [2.45, 2.75) is 12.8 Å². The zero-order chi connectivity index (χ0) is 10.7. The second-order valence-electron chi connectivity index (χ2n) is 3.32. The van der Waals surface area contributed by atoms with Crippen LogP contribution in [0.15, 0.2) is 36.5 Å². The van der Waals surface area contributed by atoms with E-state index < -0.39 is 0 Å². The van der Waals surface area contributed by atoms with Crippen molar-refractivity contribution in [2.24, 2.45) is 0 Å². The highest BCUT2D eigenvalue weighted by molar-refractivity contribution is 6.16. The lowest BCUT2D eigenvalue weighted by atomic mass is 10.1. The topological polar surface area (TPSA) is 25.8 Å². The van der Waals surface area contributed by atoms with E-state index in [1.165, 1.54) is 0 Å². The van der Waals surface area contributed by atoms with E-state index in [2.05, 4.69) is 9.97 Å². The van der Waals surface area contributed by atoms with Crippen molar-refractivity contribution >= 4 is 11.6 Å². The Labute approximate surface area is 94.0 Å². The van der Waals surface area contributed by atoms with Gasteiger partial charge in [-0.05, 0) is 12.5 Å². The highest BCUT2D eigenvalue weighted by Crippen LogP contribution is 2.20. The van der Waals surface area contributed by atoms with Crippen LogP contribution in [0.3, 0.4) is 0 Å². The molecule has 0 amide bonds. The molecule has 0 atom stereocenters. The Hall–Kier alpha value is -1.41. The number of benzene rings is 1. The van der Waals surface area contributed by atoms with Gasteiger partial charge < -0.3 is 0 Å². The van der Waals surface area contributed by atoms with Crippen LogP contribution in [-0.4, -0.2) is 9.97 Å². The molecule has 2 aromatic rings. The Bertz CT molecular complexity index is 454. The Kier molecular flexibility index (Phi) is 2.97. The fourth-order valence-corrected chi connectivity index (χ4v) is 1.56. The summed E-state index contributed by atoms with van der Waals surface area (Å²) in [7, 11) is 0. The minimum absolute atomic E-state index is 0.347. The van der Waals surface area contributed by atoms with Crippen LogP contribution in [0.2, 0.25) is 0 Å². The van der Waals surface area contributed by atoms with Crippen LogP contribution in [0.25, 0.3) is 11.3 Å². The first-order valence-electron chi connectivity index (χ1n) is 4.75. The lowest BCUT2D eigenvalue weighted by Gasteiger charge is -2.05. The van der Waals surface area contributed by atoms with E-state index in [0.29, 0.717) is 11.7 Å². The monoisotopic (exact) mass is 218 g/mol. The van der Waals surface area contributed by atoms with E-state index in [1.54, 1.807) is 0 Å². The molecule has 2 nitrogen and oxygen atoms in total. The summed E-state index contributed by atoms with van der Waals surface area (Å²) in [5.74, 6) is 1.02. The number of halogens is 1. The molecule has 0 aliphatic rings. The fraction of sp³-hybridized carbons (Fsp3) is 0.167. The van der Waals surface area contributed by atoms with Gasteiger partial charge in [-0.1, -0.05) is 30.3 Å². The molecule has 0 saturated heterocycles. The Morgan fingerprint density at radius 1 is 1.20 bits per heavy atom. The first-order valence-corrected chi connectivity index (χ1v) is 5.28. The maximum Gasteiger partial charge on any atom is 0.143 e. The van der Waals surface area contributed by atoms with E-state index in [1.807, 2.05) is 43.5 Å². The molecular formula is C12H11ClN2. The highest BCUT2D eigenvalue weighted by Gasteiger charge is 2.04. The molecule has 1 heterocycles. The van der Waals surface area contributed by atoms with Gasteiger partial charge in [-0.3, -0.25) is 0 Å². The largest absolute Gasteiger partial charge is 0.240 e. The van der Waals surface area contributed by atoms with Crippen molar-refractivity contribution < 1.29 is 0 Å². The molecule has 0 bridgehead atoms. The maximum absolute atomic E-state index is 5.71. The summed E-state index contributed by atoms with van der Waals surface area (Å²) in [6.45, 7) is 2.00. The van der Waals surface area contributed by atoms with E-state index in [-0.39, 0.29) is 0 Å². The third-order valence-corrected chi connectivity index (χ3v) is 2.43. The van der Waals surface area contributed by atoms with Gasteiger partial charge in [0.2, 0.25) is 0 Å². The highest BCUT2D eigenvalue weighted by atomic mass is 35.5. The zero-order valence-corrected chi connectivity index (χ0v) is 9.20. The summed E-state index contributed by atoms with van der Waals surface area (Å²) in [4.78, 5) is 8.56. The molecular weight excluding hydrogens is 208 g/mol. The first kappa shape index (κ1) is 10.1. The zero-order valence-electron chi connectivity index (χ0n) is 8.44. The summed E-state index contributed by atoms with van der Waals surface area (Å²) in [5.41, 5.74) is 3.13. The van der Waals surface area contributed by atoms with E-state index in [4.69, 9.17) is 11.6 Å².